The van der Waals surface area contributed by atoms with E-state index in [0.29, 0.717) is 18.0 Å². The van der Waals surface area contributed by atoms with Crippen LogP contribution in [0.2, 0.25) is 0 Å². The zero-order valence-corrected chi connectivity index (χ0v) is 24.8. The number of benzene rings is 2. The van der Waals surface area contributed by atoms with Crippen molar-refractivity contribution in [3.63, 3.8) is 0 Å². The Balaban J connectivity index is 1.34. The van der Waals surface area contributed by atoms with Crippen LogP contribution in [0, 0.1) is 0 Å². The maximum atomic E-state index is 13.6. The molecule has 4 aromatic rings. The molecule has 220 valence electrons. The molecule has 7 rings (SSSR count). The number of hydrogen-bond acceptors (Lipinski definition) is 4. The molecule has 1 N–H and O–H groups in total. The molecule has 2 aliphatic heterocycles. The summed E-state index contributed by atoms with van der Waals surface area (Å²) in [5.74, 6) is 0.201. The molecule has 0 spiro atoms. The topological polar surface area (TPSA) is 68.5 Å². The summed E-state index contributed by atoms with van der Waals surface area (Å²) in [6.07, 6.45) is 10.9. The van der Waals surface area contributed by atoms with Gasteiger partial charge in [0.05, 0.1) is 23.9 Å². The van der Waals surface area contributed by atoms with Crippen molar-refractivity contribution in [1.82, 2.24) is 19.4 Å². The van der Waals surface area contributed by atoms with Crippen molar-refractivity contribution < 1.29 is 14.3 Å². The van der Waals surface area contributed by atoms with Crippen LogP contribution in [0.1, 0.15) is 90.1 Å². The van der Waals surface area contributed by atoms with Gasteiger partial charge in [0.2, 0.25) is 0 Å². The van der Waals surface area contributed by atoms with Crippen molar-refractivity contribution in [3.05, 3.63) is 59.3 Å². The fourth-order valence-corrected chi connectivity index (χ4v) is 7.87. The van der Waals surface area contributed by atoms with Crippen LogP contribution < -0.4 is 5.32 Å². The molecule has 0 bridgehead atoms. The number of amides is 1. The number of aryl methyl sites for hydroxylation is 2. The number of ether oxygens (including phenoxy) is 1. The van der Waals surface area contributed by atoms with Crippen LogP contribution in [0.5, 0.6) is 0 Å². The first kappa shape index (κ1) is 27.3. The number of esters is 1. The summed E-state index contributed by atoms with van der Waals surface area (Å²) < 4.78 is 9.81. The van der Waals surface area contributed by atoms with Crippen molar-refractivity contribution in [3.8, 4) is 11.3 Å². The first-order chi connectivity index (χ1) is 20.6. The third kappa shape index (κ3) is 4.81. The zero-order chi connectivity index (χ0) is 28.6. The molecule has 2 aromatic heterocycles. The quantitative estimate of drug-likeness (QED) is 0.263. The fraction of sp³-hybridized carbons (Fsp3) is 0.486. The molecule has 7 nitrogen and oxygen atoms in total. The summed E-state index contributed by atoms with van der Waals surface area (Å²) in [5.41, 5.74) is 7.47. The average Bonchev–Trinajstić information content (AvgIpc) is 3.56. The van der Waals surface area contributed by atoms with Gasteiger partial charge in [-0.05, 0) is 74.9 Å². The van der Waals surface area contributed by atoms with Crippen LogP contribution in [0.3, 0.4) is 0 Å². The lowest BCUT2D eigenvalue weighted by molar-refractivity contribution is 0.0600. The Bertz CT molecular complexity index is 1640. The summed E-state index contributed by atoms with van der Waals surface area (Å²) in [4.78, 5) is 28.6. The van der Waals surface area contributed by atoms with Gasteiger partial charge in [0.1, 0.15) is 5.69 Å². The number of fused-ring (bicyclic) bond motifs is 4. The van der Waals surface area contributed by atoms with Crippen LogP contribution in [-0.4, -0.2) is 59.2 Å². The predicted molar refractivity (Wildman–Crippen MR) is 167 cm³/mol. The third-order valence-corrected chi connectivity index (χ3v) is 9.87. The second-order valence-corrected chi connectivity index (χ2v) is 12.4. The number of likely N-dealkylation sites (tertiary alicyclic amines) is 1. The van der Waals surface area contributed by atoms with Crippen molar-refractivity contribution in [1.29, 1.82) is 0 Å². The summed E-state index contributed by atoms with van der Waals surface area (Å²) in [5, 5.41) is 5.59. The SMILES string of the molecule is COC(=O)c1ccc2c(C3CCCCC3)c3n(c2c1)CCCn1c(C(=O)NCCN2CCCCC2)cc2cccc-3c21. The maximum Gasteiger partial charge on any atom is 0.337 e. The summed E-state index contributed by atoms with van der Waals surface area (Å²) in [6, 6.07) is 14.7. The lowest BCUT2D eigenvalue weighted by Gasteiger charge is -2.26. The molecule has 42 heavy (non-hydrogen) atoms. The highest BCUT2D eigenvalue weighted by atomic mass is 16.5. The number of aromatic nitrogens is 2. The third-order valence-electron chi connectivity index (χ3n) is 9.87. The van der Waals surface area contributed by atoms with E-state index < -0.39 is 0 Å². The number of carbonyl (C=O) groups is 2. The van der Waals surface area contributed by atoms with Crippen LogP contribution in [0.25, 0.3) is 33.1 Å². The number of rotatable bonds is 6. The van der Waals surface area contributed by atoms with Gasteiger partial charge in [0.15, 0.2) is 0 Å². The Labute approximate surface area is 247 Å². The van der Waals surface area contributed by atoms with E-state index in [1.54, 1.807) is 0 Å². The molecule has 7 heteroatoms. The number of nitrogens with one attached hydrogen (secondary N) is 1. The van der Waals surface area contributed by atoms with Crippen LogP contribution in [0.4, 0.5) is 0 Å². The molecule has 1 aliphatic carbocycles. The predicted octanol–water partition coefficient (Wildman–Crippen LogP) is 6.72. The molecule has 1 amide bonds. The van der Waals surface area contributed by atoms with E-state index in [9.17, 15) is 9.59 Å². The zero-order valence-electron chi connectivity index (χ0n) is 24.8. The molecular weight excluding hydrogens is 524 g/mol. The number of para-hydroxylation sites is 1. The minimum Gasteiger partial charge on any atom is -0.465 e. The van der Waals surface area contributed by atoms with Crippen LogP contribution in [0.15, 0.2) is 42.5 Å². The Morgan fingerprint density at radius 3 is 2.48 bits per heavy atom. The highest BCUT2D eigenvalue weighted by Crippen LogP contribution is 2.46. The van der Waals surface area contributed by atoms with E-state index in [1.807, 2.05) is 12.1 Å². The molecule has 3 aliphatic rings. The number of carbonyl (C=O) groups excluding carboxylic acids is 2. The van der Waals surface area contributed by atoms with Crippen LogP contribution >= 0.6 is 0 Å². The van der Waals surface area contributed by atoms with Crippen molar-refractivity contribution in [2.45, 2.75) is 76.8 Å². The molecule has 0 unspecified atom stereocenters. The maximum absolute atomic E-state index is 13.6. The Hall–Kier alpha value is -3.58. The van der Waals surface area contributed by atoms with E-state index in [2.05, 4.69) is 49.7 Å². The fourth-order valence-electron chi connectivity index (χ4n) is 7.87. The average molecular weight is 567 g/mol. The summed E-state index contributed by atoms with van der Waals surface area (Å²) in [7, 11) is 1.44. The molecule has 2 aromatic carbocycles. The summed E-state index contributed by atoms with van der Waals surface area (Å²) >= 11 is 0. The lowest BCUT2D eigenvalue weighted by atomic mass is 9.81. The van der Waals surface area contributed by atoms with Gasteiger partial charge in [-0.2, -0.15) is 0 Å². The van der Waals surface area contributed by atoms with Crippen molar-refractivity contribution in [2.24, 2.45) is 0 Å². The number of piperidine rings is 1. The number of methoxy groups -OCH3 is 1. The monoisotopic (exact) mass is 566 g/mol. The minimum atomic E-state index is -0.301. The highest BCUT2D eigenvalue weighted by Gasteiger charge is 2.30. The molecule has 2 fully saturated rings. The van der Waals surface area contributed by atoms with Gasteiger partial charge in [0, 0.05) is 48.0 Å². The van der Waals surface area contributed by atoms with Crippen molar-refractivity contribution in [2.75, 3.05) is 33.3 Å². The van der Waals surface area contributed by atoms with Gasteiger partial charge in [-0.3, -0.25) is 4.79 Å². The molecule has 0 atom stereocenters. The number of nitrogens with zero attached hydrogens (tertiary/aromatic N) is 3. The lowest BCUT2D eigenvalue weighted by Crippen LogP contribution is -2.38. The minimum absolute atomic E-state index is 0.0190. The number of hydrogen-bond donors (Lipinski definition) is 1. The van der Waals surface area contributed by atoms with Gasteiger partial charge in [0.25, 0.3) is 5.91 Å². The first-order valence-electron chi connectivity index (χ1n) is 16.0. The van der Waals surface area contributed by atoms with E-state index in [4.69, 9.17) is 4.74 Å². The first-order valence-corrected chi connectivity index (χ1v) is 16.0. The highest BCUT2D eigenvalue weighted by molar-refractivity contribution is 6.06. The Morgan fingerprint density at radius 2 is 1.67 bits per heavy atom. The normalized spacial score (nSPS) is 18.0. The van der Waals surface area contributed by atoms with Gasteiger partial charge in [-0.15, -0.1) is 0 Å². The van der Waals surface area contributed by atoms with E-state index in [-0.39, 0.29) is 11.9 Å². The van der Waals surface area contributed by atoms with Gasteiger partial charge in [-0.25, -0.2) is 4.79 Å². The van der Waals surface area contributed by atoms with Crippen LogP contribution in [-0.2, 0) is 17.8 Å². The Kier molecular flexibility index (Phi) is 7.53. The largest absolute Gasteiger partial charge is 0.465 e. The Morgan fingerprint density at radius 1 is 0.881 bits per heavy atom. The molecule has 1 saturated heterocycles. The van der Waals surface area contributed by atoms with E-state index >= 15 is 0 Å². The standard InChI is InChI=1S/C35H42N4O3/c1-42-35(41)26-14-15-27-29(23-26)38-19-9-20-39-30(34(40)36-16-21-37-17-6-3-7-18-37)22-25-12-8-13-28(32(25)39)33(38)31(27)24-10-4-2-5-11-24/h8,12-15,22-24H,2-7,9-11,16-21H2,1H3,(H,36,40). The molecule has 0 radical (unpaired) electrons. The van der Waals surface area contributed by atoms with Gasteiger partial charge in [-0.1, -0.05) is 49.9 Å². The van der Waals surface area contributed by atoms with Gasteiger partial charge >= 0.3 is 5.97 Å². The molecular formula is C35H42N4O3. The van der Waals surface area contributed by atoms with E-state index in [0.717, 1.165) is 61.3 Å². The molecule has 4 heterocycles. The second kappa shape index (κ2) is 11.6. The summed E-state index contributed by atoms with van der Waals surface area (Å²) in [6.45, 7) is 5.46. The van der Waals surface area contributed by atoms with Crippen molar-refractivity contribution >= 4 is 33.7 Å². The molecule has 1 saturated carbocycles. The van der Waals surface area contributed by atoms with E-state index in [1.165, 1.54) is 80.7 Å². The smallest absolute Gasteiger partial charge is 0.337 e. The van der Waals surface area contributed by atoms with Gasteiger partial charge < -0.3 is 24.1 Å². The second-order valence-electron chi connectivity index (χ2n) is 12.4.